The van der Waals surface area contributed by atoms with Crippen LogP contribution in [-0.4, -0.2) is 20.3 Å². The lowest BCUT2D eigenvalue weighted by atomic mass is 10.2. The van der Waals surface area contributed by atoms with Crippen LogP contribution in [0.4, 0.5) is 0 Å². The van der Waals surface area contributed by atoms with Crippen LogP contribution >= 0.6 is 11.6 Å². The Morgan fingerprint density at radius 2 is 2.00 bits per heavy atom. The summed E-state index contributed by atoms with van der Waals surface area (Å²) >= 11 is 5.59. The number of rotatable bonds is 5. The van der Waals surface area contributed by atoms with Gasteiger partial charge in [-0.15, -0.1) is 11.6 Å². The van der Waals surface area contributed by atoms with Crippen molar-refractivity contribution in [2.45, 2.75) is 38.1 Å². The van der Waals surface area contributed by atoms with Crippen molar-refractivity contribution in [2.75, 3.05) is 5.88 Å². The molecular weight excluding hydrogens is 258 g/mol. The van der Waals surface area contributed by atoms with Crippen LogP contribution in [0.3, 0.4) is 0 Å². The number of halogens is 1. The molecule has 1 N–H and O–H groups in total. The Labute approximate surface area is 108 Å². The van der Waals surface area contributed by atoms with Crippen molar-refractivity contribution in [2.24, 2.45) is 0 Å². The van der Waals surface area contributed by atoms with E-state index < -0.39 is 10.0 Å². The molecular formula is C12H18ClNO2S. The zero-order valence-electron chi connectivity index (χ0n) is 10.3. The van der Waals surface area contributed by atoms with E-state index in [1.165, 1.54) is 0 Å². The summed E-state index contributed by atoms with van der Waals surface area (Å²) in [4.78, 5) is 0.346. The van der Waals surface area contributed by atoms with Gasteiger partial charge in [0.1, 0.15) is 0 Å². The summed E-state index contributed by atoms with van der Waals surface area (Å²) in [5.74, 6) is 0.441. The normalized spacial score (nSPS) is 13.6. The summed E-state index contributed by atoms with van der Waals surface area (Å²) in [6.07, 6.45) is 0.617. The minimum absolute atomic E-state index is 0.155. The van der Waals surface area contributed by atoms with Gasteiger partial charge in [0.2, 0.25) is 10.0 Å². The number of alkyl halides is 1. The first kappa shape index (κ1) is 14.5. The largest absolute Gasteiger partial charge is 0.241 e. The van der Waals surface area contributed by atoms with Crippen LogP contribution in [-0.2, 0) is 10.0 Å². The fourth-order valence-corrected chi connectivity index (χ4v) is 3.48. The molecule has 0 aliphatic heterocycles. The molecule has 0 amide bonds. The van der Waals surface area contributed by atoms with Crippen molar-refractivity contribution < 1.29 is 8.42 Å². The van der Waals surface area contributed by atoms with Gasteiger partial charge in [-0.05, 0) is 44.4 Å². The summed E-state index contributed by atoms with van der Waals surface area (Å²) in [6.45, 7) is 5.48. The van der Waals surface area contributed by atoms with Gasteiger partial charge in [0.25, 0.3) is 0 Å². The molecule has 5 heteroatoms. The molecule has 96 valence electrons. The van der Waals surface area contributed by atoms with E-state index in [4.69, 9.17) is 11.6 Å². The standard InChI is InChI=1S/C12H18ClNO2S/c1-9-4-5-10(2)12(8-9)17(15,16)14-11(3)6-7-13/h4-5,8,11,14H,6-7H2,1-3H3. The molecule has 1 aromatic rings. The maximum atomic E-state index is 12.1. The van der Waals surface area contributed by atoms with Gasteiger partial charge in [-0.25, -0.2) is 13.1 Å². The van der Waals surface area contributed by atoms with Gasteiger partial charge in [-0.2, -0.15) is 0 Å². The average Bonchev–Trinajstić information content (AvgIpc) is 2.21. The molecule has 0 aliphatic carbocycles. The fourth-order valence-electron chi connectivity index (χ4n) is 1.55. The first-order valence-corrected chi connectivity index (χ1v) is 7.54. The Bertz CT molecular complexity index is 485. The molecule has 3 nitrogen and oxygen atoms in total. The highest BCUT2D eigenvalue weighted by atomic mass is 35.5. The van der Waals surface area contributed by atoms with Gasteiger partial charge < -0.3 is 0 Å². The zero-order valence-corrected chi connectivity index (χ0v) is 11.9. The van der Waals surface area contributed by atoms with Gasteiger partial charge in [0.15, 0.2) is 0 Å². The van der Waals surface area contributed by atoms with Crippen LogP contribution in [0.15, 0.2) is 23.1 Å². The highest BCUT2D eigenvalue weighted by molar-refractivity contribution is 7.89. The molecule has 17 heavy (non-hydrogen) atoms. The molecule has 0 heterocycles. The first-order chi connectivity index (χ1) is 7.86. The summed E-state index contributed by atoms with van der Waals surface area (Å²) in [5, 5.41) is 0. The van der Waals surface area contributed by atoms with E-state index in [1.807, 2.05) is 26.0 Å². The van der Waals surface area contributed by atoms with Crippen LogP contribution in [0, 0.1) is 13.8 Å². The maximum Gasteiger partial charge on any atom is 0.241 e. The Morgan fingerprint density at radius 1 is 1.35 bits per heavy atom. The third kappa shape index (κ3) is 3.98. The van der Waals surface area contributed by atoms with Gasteiger partial charge in [-0.3, -0.25) is 0 Å². The van der Waals surface area contributed by atoms with Crippen molar-refractivity contribution >= 4 is 21.6 Å². The smallest absolute Gasteiger partial charge is 0.208 e. The summed E-state index contributed by atoms with van der Waals surface area (Å²) < 4.78 is 26.9. The van der Waals surface area contributed by atoms with Gasteiger partial charge in [-0.1, -0.05) is 12.1 Å². The van der Waals surface area contributed by atoms with Crippen molar-refractivity contribution in [1.82, 2.24) is 4.72 Å². The highest BCUT2D eigenvalue weighted by Crippen LogP contribution is 2.17. The molecule has 1 rings (SSSR count). The fraction of sp³-hybridized carbons (Fsp3) is 0.500. The molecule has 0 spiro atoms. The van der Waals surface area contributed by atoms with E-state index in [1.54, 1.807) is 13.0 Å². The topological polar surface area (TPSA) is 46.2 Å². The maximum absolute atomic E-state index is 12.1. The highest BCUT2D eigenvalue weighted by Gasteiger charge is 2.19. The second-order valence-electron chi connectivity index (χ2n) is 4.27. The molecule has 0 radical (unpaired) electrons. The zero-order chi connectivity index (χ0) is 13.1. The molecule has 1 aromatic carbocycles. The Balaban J connectivity index is 3.01. The van der Waals surface area contributed by atoms with Crippen molar-refractivity contribution in [3.63, 3.8) is 0 Å². The Kier molecular flexibility index (Phi) is 4.98. The average molecular weight is 276 g/mol. The molecule has 0 saturated heterocycles. The molecule has 1 atom stereocenters. The van der Waals surface area contributed by atoms with Crippen LogP contribution in [0.5, 0.6) is 0 Å². The first-order valence-electron chi connectivity index (χ1n) is 5.52. The lowest BCUT2D eigenvalue weighted by molar-refractivity contribution is 0.556. The van der Waals surface area contributed by atoms with Crippen LogP contribution in [0.1, 0.15) is 24.5 Å². The Morgan fingerprint density at radius 3 is 2.59 bits per heavy atom. The van der Waals surface area contributed by atoms with Crippen molar-refractivity contribution in [3.05, 3.63) is 29.3 Å². The van der Waals surface area contributed by atoms with Crippen LogP contribution in [0.25, 0.3) is 0 Å². The molecule has 0 fully saturated rings. The molecule has 1 unspecified atom stereocenters. The number of sulfonamides is 1. The molecule has 0 saturated carbocycles. The number of aryl methyl sites for hydroxylation is 2. The minimum atomic E-state index is -3.44. The Hall–Kier alpha value is -0.580. The minimum Gasteiger partial charge on any atom is -0.208 e. The van der Waals surface area contributed by atoms with E-state index >= 15 is 0 Å². The summed E-state index contributed by atoms with van der Waals surface area (Å²) in [6, 6.07) is 5.25. The number of hydrogen-bond donors (Lipinski definition) is 1. The lowest BCUT2D eigenvalue weighted by Crippen LogP contribution is -2.33. The summed E-state index contributed by atoms with van der Waals surface area (Å²) in [7, 11) is -3.44. The van der Waals surface area contributed by atoms with E-state index in [9.17, 15) is 8.42 Å². The lowest BCUT2D eigenvalue weighted by Gasteiger charge is -2.14. The third-order valence-corrected chi connectivity index (χ3v) is 4.48. The summed E-state index contributed by atoms with van der Waals surface area (Å²) in [5.41, 5.74) is 1.68. The van der Waals surface area contributed by atoms with E-state index in [-0.39, 0.29) is 6.04 Å². The van der Waals surface area contributed by atoms with Crippen molar-refractivity contribution in [3.8, 4) is 0 Å². The SMILES string of the molecule is Cc1ccc(C)c(S(=O)(=O)NC(C)CCCl)c1. The molecule has 0 bridgehead atoms. The number of hydrogen-bond acceptors (Lipinski definition) is 2. The molecule has 0 aromatic heterocycles. The third-order valence-electron chi connectivity index (χ3n) is 2.53. The number of benzene rings is 1. The van der Waals surface area contributed by atoms with Crippen LogP contribution < -0.4 is 4.72 Å². The van der Waals surface area contributed by atoms with Crippen molar-refractivity contribution in [1.29, 1.82) is 0 Å². The monoisotopic (exact) mass is 275 g/mol. The van der Waals surface area contributed by atoms with Crippen LogP contribution in [0.2, 0.25) is 0 Å². The second kappa shape index (κ2) is 5.85. The van der Waals surface area contributed by atoms with Gasteiger partial charge >= 0.3 is 0 Å². The van der Waals surface area contributed by atoms with E-state index in [2.05, 4.69) is 4.72 Å². The van der Waals surface area contributed by atoms with E-state index in [0.717, 1.165) is 11.1 Å². The van der Waals surface area contributed by atoms with Gasteiger partial charge in [0.05, 0.1) is 4.90 Å². The molecule has 0 aliphatic rings. The number of nitrogens with one attached hydrogen (secondary N) is 1. The van der Waals surface area contributed by atoms with Gasteiger partial charge in [0, 0.05) is 11.9 Å². The second-order valence-corrected chi connectivity index (χ2v) is 6.33. The predicted molar refractivity (Wildman–Crippen MR) is 71.0 cm³/mol. The van der Waals surface area contributed by atoms with E-state index in [0.29, 0.717) is 17.2 Å². The quantitative estimate of drug-likeness (QED) is 0.840. The predicted octanol–water partition coefficient (Wildman–Crippen LogP) is 2.60.